The van der Waals surface area contributed by atoms with Crippen LogP contribution in [0.2, 0.25) is 0 Å². The van der Waals surface area contributed by atoms with Gasteiger partial charge in [-0.2, -0.15) is 0 Å². The number of sulfonamides is 1. The lowest BCUT2D eigenvalue weighted by atomic mass is 10.2. The van der Waals surface area contributed by atoms with Gasteiger partial charge in [-0.15, -0.1) is 0 Å². The number of nitrogens with one attached hydrogen (secondary N) is 1. The molecule has 1 aromatic rings. The van der Waals surface area contributed by atoms with Crippen LogP contribution in [-0.4, -0.2) is 56.0 Å². The number of carboxylic acids is 1. The first-order valence-corrected chi connectivity index (χ1v) is 8.42. The van der Waals surface area contributed by atoms with Gasteiger partial charge in [0.15, 0.2) is 6.04 Å². The number of rotatable bonds is 9. The predicted molar refractivity (Wildman–Crippen MR) is 81.0 cm³/mol. The normalized spacial score (nSPS) is 12.8. The zero-order valence-electron chi connectivity index (χ0n) is 12.9. The van der Waals surface area contributed by atoms with Crippen molar-refractivity contribution in [1.29, 1.82) is 0 Å². The Morgan fingerprint density at radius 1 is 1.29 bits per heavy atom. The van der Waals surface area contributed by atoms with E-state index in [2.05, 4.69) is 0 Å². The number of aliphatic carboxylic acids is 1. The molecule has 0 bridgehead atoms. The SMILES string of the molecule is CN(CCCC(=O)NC(CF)C(=O)O)S(=O)(=O)c1ccc(F)cc1. The highest BCUT2D eigenvalue weighted by Gasteiger charge is 2.22. The second-order valence-electron chi connectivity index (χ2n) is 5.00. The molecule has 7 nitrogen and oxygen atoms in total. The molecule has 0 radical (unpaired) electrons. The number of hydrogen-bond acceptors (Lipinski definition) is 4. The minimum absolute atomic E-state index is 0.0134. The maximum absolute atomic E-state index is 12.8. The molecular weight excluding hydrogens is 346 g/mol. The number of benzene rings is 1. The molecule has 1 aromatic carbocycles. The van der Waals surface area contributed by atoms with Crippen molar-refractivity contribution in [2.75, 3.05) is 20.3 Å². The van der Waals surface area contributed by atoms with Crippen LogP contribution in [0.15, 0.2) is 29.2 Å². The number of alkyl halides is 1. The minimum atomic E-state index is -3.81. The molecule has 0 aliphatic rings. The van der Waals surface area contributed by atoms with Gasteiger partial charge in [0.2, 0.25) is 15.9 Å². The van der Waals surface area contributed by atoms with Crippen LogP contribution >= 0.6 is 0 Å². The number of carboxylic acid groups (broad SMARTS) is 1. The van der Waals surface area contributed by atoms with Gasteiger partial charge in [-0.05, 0) is 30.7 Å². The van der Waals surface area contributed by atoms with Gasteiger partial charge in [0.25, 0.3) is 0 Å². The smallest absolute Gasteiger partial charge is 0.328 e. The quantitative estimate of drug-likeness (QED) is 0.673. The van der Waals surface area contributed by atoms with Crippen LogP contribution in [0.25, 0.3) is 0 Å². The number of carbonyl (C=O) groups excluding carboxylic acids is 1. The summed E-state index contributed by atoms with van der Waals surface area (Å²) < 4.78 is 50.6. The molecule has 0 aliphatic heterocycles. The summed E-state index contributed by atoms with van der Waals surface area (Å²) in [5.41, 5.74) is 0. The van der Waals surface area contributed by atoms with Crippen molar-refractivity contribution < 1.29 is 31.9 Å². The highest BCUT2D eigenvalue weighted by Crippen LogP contribution is 2.15. The first-order valence-electron chi connectivity index (χ1n) is 6.98. The molecule has 1 atom stereocenters. The summed E-state index contributed by atoms with van der Waals surface area (Å²) in [6.45, 7) is -1.25. The summed E-state index contributed by atoms with van der Waals surface area (Å²) in [6, 6.07) is 2.70. The summed E-state index contributed by atoms with van der Waals surface area (Å²) in [5, 5.41) is 10.6. The average molecular weight is 364 g/mol. The van der Waals surface area contributed by atoms with E-state index in [1.807, 2.05) is 5.32 Å². The molecule has 1 unspecified atom stereocenters. The van der Waals surface area contributed by atoms with Gasteiger partial charge in [-0.25, -0.2) is 26.3 Å². The Kier molecular flexibility index (Phi) is 7.23. The molecule has 2 N–H and O–H groups in total. The van der Waals surface area contributed by atoms with E-state index in [0.29, 0.717) is 0 Å². The van der Waals surface area contributed by atoms with Crippen molar-refractivity contribution in [3.63, 3.8) is 0 Å². The Bertz CT molecular complexity index is 679. The molecule has 1 rings (SSSR count). The molecule has 0 aliphatic carbocycles. The Hall–Kier alpha value is -2.07. The predicted octanol–water partition coefficient (Wildman–Crippen LogP) is 0.765. The van der Waals surface area contributed by atoms with E-state index in [4.69, 9.17) is 5.11 Å². The second-order valence-corrected chi connectivity index (χ2v) is 7.04. The van der Waals surface area contributed by atoms with Crippen molar-refractivity contribution >= 4 is 21.9 Å². The standard InChI is InChI=1S/C14H18F2N2O5S/c1-18(24(22,23)11-6-4-10(16)5-7-11)8-2-3-13(19)17-12(9-15)14(20)21/h4-7,12H,2-3,8-9H2,1H3,(H,17,19)(H,20,21). The third kappa shape index (κ3) is 5.53. The third-order valence-electron chi connectivity index (χ3n) is 3.19. The van der Waals surface area contributed by atoms with Gasteiger partial charge in [0, 0.05) is 20.0 Å². The first kappa shape index (κ1) is 20.0. The van der Waals surface area contributed by atoms with Crippen molar-refractivity contribution in [3.05, 3.63) is 30.1 Å². The van der Waals surface area contributed by atoms with E-state index < -0.39 is 40.4 Å². The van der Waals surface area contributed by atoms with Crippen molar-refractivity contribution in [1.82, 2.24) is 9.62 Å². The van der Waals surface area contributed by atoms with Crippen molar-refractivity contribution in [2.24, 2.45) is 0 Å². The lowest BCUT2D eigenvalue weighted by Crippen LogP contribution is -2.42. The van der Waals surface area contributed by atoms with Gasteiger partial charge in [0.1, 0.15) is 12.5 Å². The number of halogens is 2. The zero-order chi connectivity index (χ0) is 18.3. The summed E-state index contributed by atoms with van der Waals surface area (Å²) in [6.07, 6.45) is -0.0472. The van der Waals surface area contributed by atoms with Gasteiger partial charge in [-0.3, -0.25) is 4.79 Å². The molecule has 0 fully saturated rings. The number of nitrogens with zero attached hydrogens (tertiary/aromatic N) is 1. The molecule has 1 amide bonds. The van der Waals surface area contributed by atoms with Crippen LogP contribution in [-0.2, 0) is 19.6 Å². The van der Waals surface area contributed by atoms with Gasteiger partial charge < -0.3 is 10.4 Å². The van der Waals surface area contributed by atoms with E-state index >= 15 is 0 Å². The van der Waals surface area contributed by atoms with E-state index in [1.54, 1.807) is 0 Å². The summed E-state index contributed by atoms with van der Waals surface area (Å²) in [4.78, 5) is 22.0. The lowest BCUT2D eigenvalue weighted by Gasteiger charge is -2.17. The second kappa shape index (κ2) is 8.69. The van der Waals surface area contributed by atoms with Gasteiger partial charge in [-0.1, -0.05) is 0 Å². The maximum Gasteiger partial charge on any atom is 0.328 e. The largest absolute Gasteiger partial charge is 0.480 e. The van der Waals surface area contributed by atoms with Gasteiger partial charge in [0.05, 0.1) is 4.90 Å². The van der Waals surface area contributed by atoms with Crippen LogP contribution in [0.5, 0.6) is 0 Å². The maximum atomic E-state index is 12.8. The Morgan fingerprint density at radius 2 is 1.88 bits per heavy atom. The topological polar surface area (TPSA) is 104 Å². The van der Waals surface area contributed by atoms with Crippen LogP contribution in [0.1, 0.15) is 12.8 Å². The molecule has 0 spiro atoms. The van der Waals surface area contributed by atoms with E-state index in [-0.39, 0.29) is 24.3 Å². The van der Waals surface area contributed by atoms with Crippen LogP contribution in [0, 0.1) is 5.82 Å². The molecule has 0 saturated carbocycles. The summed E-state index contributed by atoms with van der Waals surface area (Å²) >= 11 is 0. The zero-order valence-corrected chi connectivity index (χ0v) is 13.7. The highest BCUT2D eigenvalue weighted by molar-refractivity contribution is 7.89. The fraction of sp³-hybridized carbons (Fsp3) is 0.429. The first-order chi connectivity index (χ1) is 11.2. The fourth-order valence-electron chi connectivity index (χ4n) is 1.80. The molecule has 24 heavy (non-hydrogen) atoms. The van der Waals surface area contributed by atoms with Crippen LogP contribution in [0.3, 0.4) is 0 Å². The van der Waals surface area contributed by atoms with Crippen molar-refractivity contribution in [3.8, 4) is 0 Å². The van der Waals surface area contributed by atoms with Crippen LogP contribution < -0.4 is 5.32 Å². The Balaban J connectivity index is 2.53. The molecular formula is C14H18F2N2O5S. The minimum Gasteiger partial charge on any atom is -0.480 e. The van der Waals surface area contributed by atoms with Crippen molar-refractivity contribution in [2.45, 2.75) is 23.8 Å². The molecule has 0 heterocycles. The van der Waals surface area contributed by atoms with E-state index in [9.17, 15) is 26.8 Å². The molecule has 0 saturated heterocycles. The highest BCUT2D eigenvalue weighted by atomic mass is 32.2. The Morgan fingerprint density at radius 3 is 2.38 bits per heavy atom. The number of amides is 1. The summed E-state index contributed by atoms with van der Waals surface area (Å²) in [7, 11) is -2.51. The molecule has 0 aromatic heterocycles. The average Bonchev–Trinajstić information content (AvgIpc) is 2.52. The summed E-state index contributed by atoms with van der Waals surface area (Å²) in [5.74, 6) is -2.73. The monoisotopic (exact) mass is 364 g/mol. The number of carbonyl (C=O) groups is 2. The van der Waals surface area contributed by atoms with Gasteiger partial charge >= 0.3 is 5.97 Å². The third-order valence-corrected chi connectivity index (χ3v) is 5.06. The lowest BCUT2D eigenvalue weighted by molar-refractivity contribution is -0.142. The Labute approximate surface area is 138 Å². The van der Waals surface area contributed by atoms with E-state index in [0.717, 1.165) is 28.6 Å². The van der Waals surface area contributed by atoms with E-state index in [1.165, 1.54) is 7.05 Å². The molecule has 134 valence electrons. The molecule has 10 heteroatoms. The number of hydrogen-bond donors (Lipinski definition) is 2. The van der Waals surface area contributed by atoms with Crippen LogP contribution in [0.4, 0.5) is 8.78 Å². The fourth-order valence-corrected chi connectivity index (χ4v) is 3.01.